The Balaban J connectivity index is 2.10. The van der Waals surface area contributed by atoms with Crippen LogP contribution >= 0.6 is 0 Å². The molecule has 122 valence electrons. The predicted octanol–water partition coefficient (Wildman–Crippen LogP) is 3.05. The van der Waals surface area contributed by atoms with Crippen LogP contribution in [-0.4, -0.2) is 24.3 Å². The van der Waals surface area contributed by atoms with Gasteiger partial charge in [-0.3, -0.25) is 9.59 Å². The van der Waals surface area contributed by atoms with Gasteiger partial charge in [-0.05, 0) is 48.7 Å². The van der Waals surface area contributed by atoms with Crippen LogP contribution < -0.4 is 11.1 Å². The molecule has 0 aliphatic rings. The first-order valence-electron chi connectivity index (χ1n) is 8.18. The fraction of sp³-hybridized carbons (Fsp3) is 0.368. The summed E-state index contributed by atoms with van der Waals surface area (Å²) >= 11 is 0. The molecule has 0 heterocycles. The van der Waals surface area contributed by atoms with Crippen LogP contribution in [0.3, 0.4) is 0 Å². The number of rotatable bonds is 8. The van der Waals surface area contributed by atoms with E-state index in [-0.39, 0.29) is 11.7 Å². The molecule has 0 saturated carbocycles. The Hall–Kier alpha value is -2.20. The molecule has 0 fully saturated rings. The van der Waals surface area contributed by atoms with E-state index in [4.69, 9.17) is 5.73 Å². The van der Waals surface area contributed by atoms with E-state index in [1.165, 1.54) is 0 Å². The summed E-state index contributed by atoms with van der Waals surface area (Å²) in [7, 11) is 0. The van der Waals surface area contributed by atoms with Crippen molar-refractivity contribution in [2.75, 3.05) is 6.54 Å². The number of carbonyl (C=O) groups excluding carboxylic acids is 2. The summed E-state index contributed by atoms with van der Waals surface area (Å²) < 4.78 is 0. The molecule has 0 aromatic heterocycles. The minimum Gasteiger partial charge on any atom is -0.342 e. The molecule has 3 N–H and O–H groups in total. The van der Waals surface area contributed by atoms with E-state index < -0.39 is 6.04 Å². The highest BCUT2D eigenvalue weighted by Gasteiger charge is 2.19. The van der Waals surface area contributed by atoms with Gasteiger partial charge in [0.05, 0.1) is 6.04 Å². The number of hydrogen-bond donors (Lipinski definition) is 2. The molecule has 1 amide bonds. The zero-order valence-corrected chi connectivity index (χ0v) is 13.5. The highest BCUT2D eigenvalue weighted by atomic mass is 16.2. The number of hydrogen-bond acceptors (Lipinski definition) is 3. The molecule has 0 radical (unpaired) electrons. The largest absolute Gasteiger partial charge is 0.342 e. The normalized spacial score (nSPS) is 12.1. The van der Waals surface area contributed by atoms with Crippen molar-refractivity contribution in [1.82, 2.24) is 5.32 Å². The second-order valence-corrected chi connectivity index (χ2v) is 5.69. The molecule has 2 aromatic rings. The molecule has 4 heteroatoms. The number of nitrogens with one attached hydrogen (secondary N) is 1. The van der Waals surface area contributed by atoms with Gasteiger partial charge in [0, 0.05) is 12.0 Å². The van der Waals surface area contributed by atoms with Crippen LogP contribution in [0.5, 0.6) is 0 Å². The number of Topliss-reactive ketones (excluding diaryl/α,β-unsaturated/α-hetero) is 1. The third kappa shape index (κ3) is 4.63. The summed E-state index contributed by atoms with van der Waals surface area (Å²) in [6.07, 6.45) is 2.76. The predicted molar refractivity (Wildman–Crippen MR) is 93.4 cm³/mol. The van der Waals surface area contributed by atoms with Gasteiger partial charge in [-0.2, -0.15) is 0 Å². The molecule has 0 saturated heterocycles. The summed E-state index contributed by atoms with van der Waals surface area (Å²) in [4.78, 5) is 24.5. The first kappa shape index (κ1) is 17.2. The Morgan fingerprint density at radius 2 is 1.83 bits per heavy atom. The fourth-order valence-electron chi connectivity index (χ4n) is 2.62. The fourth-order valence-corrected chi connectivity index (χ4v) is 2.62. The van der Waals surface area contributed by atoms with Crippen LogP contribution in [0.15, 0.2) is 42.5 Å². The number of fused-ring (bicyclic) bond motifs is 1. The zero-order valence-electron chi connectivity index (χ0n) is 13.5. The van der Waals surface area contributed by atoms with E-state index in [0.717, 1.165) is 23.6 Å². The van der Waals surface area contributed by atoms with Gasteiger partial charge in [-0.1, -0.05) is 37.3 Å². The van der Waals surface area contributed by atoms with Crippen LogP contribution in [0, 0.1) is 0 Å². The minimum atomic E-state index is -0.425. The molecule has 23 heavy (non-hydrogen) atoms. The van der Waals surface area contributed by atoms with Gasteiger partial charge < -0.3 is 11.1 Å². The SMILES string of the molecule is CCC(=O)C(CCCCN)NC(=O)c1ccc2ccccc2c1. The van der Waals surface area contributed by atoms with Gasteiger partial charge in [0.15, 0.2) is 5.78 Å². The summed E-state index contributed by atoms with van der Waals surface area (Å²) in [5, 5.41) is 4.98. The standard InChI is InChI=1S/C19H24N2O2/c1-2-18(22)17(9-5-6-12-20)21-19(23)16-11-10-14-7-3-4-8-15(14)13-16/h3-4,7-8,10-11,13,17H,2,5-6,9,12,20H2,1H3,(H,21,23). The second kappa shape index (κ2) is 8.44. The van der Waals surface area contributed by atoms with Crippen molar-refractivity contribution in [1.29, 1.82) is 0 Å². The Morgan fingerprint density at radius 1 is 1.09 bits per heavy atom. The highest BCUT2D eigenvalue weighted by Crippen LogP contribution is 2.16. The number of benzene rings is 2. The molecule has 0 aliphatic heterocycles. The second-order valence-electron chi connectivity index (χ2n) is 5.69. The molecule has 0 spiro atoms. The Labute approximate surface area is 137 Å². The highest BCUT2D eigenvalue weighted by molar-refractivity contribution is 6.00. The molecule has 4 nitrogen and oxygen atoms in total. The molecule has 2 rings (SSSR count). The lowest BCUT2D eigenvalue weighted by atomic mass is 10.0. The summed E-state index contributed by atoms with van der Waals surface area (Å²) in [6, 6.07) is 13.1. The molecular formula is C19H24N2O2. The molecule has 1 atom stereocenters. The zero-order chi connectivity index (χ0) is 16.7. The average Bonchev–Trinajstić information content (AvgIpc) is 2.59. The van der Waals surface area contributed by atoms with Crippen LogP contribution in [-0.2, 0) is 4.79 Å². The lowest BCUT2D eigenvalue weighted by Gasteiger charge is -2.17. The van der Waals surface area contributed by atoms with Gasteiger partial charge in [-0.15, -0.1) is 0 Å². The summed E-state index contributed by atoms with van der Waals surface area (Å²) in [5.74, 6) is -0.133. The lowest BCUT2D eigenvalue weighted by molar-refractivity contribution is -0.120. The number of carbonyl (C=O) groups is 2. The maximum absolute atomic E-state index is 12.5. The summed E-state index contributed by atoms with van der Waals surface area (Å²) in [5.41, 5.74) is 6.08. The van der Waals surface area contributed by atoms with Crippen LogP contribution in [0.2, 0.25) is 0 Å². The van der Waals surface area contributed by atoms with Gasteiger partial charge in [-0.25, -0.2) is 0 Å². The van der Waals surface area contributed by atoms with Crippen molar-refractivity contribution >= 4 is 22.5 Å². The van der Waals surface area contributed by atoms with E-state index >= 15 is 0 Å². The van der Waals surface area contributed by atoms with Gasteiger partial charge >= 0.3 is 0 Å². The third-order valence-corrected chi connectivity index (χ3v) is 4.00. The van der Waals surface area contributed by atoms with E-state index in [0.29, 0.717) is 24.9 Å². The van der Waals surface area contributed by atoms with E-state index in [2.05, 4.69) is 5.32 Å². The molecule has 0 aliphatic carbocycles. The van der Waals surface area contributed by atoms with Crippen molar-refractivity contribution in [3.8, 4) is 0 Å². The summed E-state index contributed by atoms with van der Waals surface area (Å²) in [6.45, 7) is 2.42. The molecular weight excluding hydrogens is 288 g/mol. The number of ketones is 1. The maximum atomic E-state index is 12.5. The van der Waals surface area contributed by atoms with E-state index in [9.17, 15) is 9.59 Å². The van der Waals surface area contributed by atoms with Crippen molar-refractivity contribution in [3.05, 3.63) is 48.0 Å². The minimum absolute atomic E-state index is 0.0659. The van der Waals surface area contributed by atoms with Crippen LogP contribution in [0.25, 0.3) is 10.8 Å². The number of amides is 1. The van der Waals surface area contributed by atoms with Gasteiger partial charge in [0.1, 0.15) is 0 Å². The maximum Gasteiger partial charge on any atom is 0.251 e. The molecule has 0 bridgehead atoms. The topological polar surface area (TPSA) is 72.2 Å². The number of nitrogens with two attached hydrogens (primary N) is 1. The monoisotopic (exact) mass is 312 g/mol. The van der Waals surface area contributed by atoms with E-state index in [1.807, 2.05) is 43.3 Å². The lowest BCUT2D eigenvalue weighted by Crippen LogP contribution is -2.40. The Bertz CT molecular complexity index is 682. The van der Waals surface area contributed by atoms with Crippen molar-refractivity contribution in [3.63, 3.8) is 0 Å². The first-order chi connectivity index (χ1) is 11.2. The number of unbranched alkanes of at least 4 members (excludes halogenated alkanes) is 1. The van der Waals surface area contributed by atoms with Gasteiger partial charge in [0.2, 0.25) is 0 Å². The smallest absolute Gasteiger partial charge is 0.251 e. The van der Waals surface area contributed by atoms with E-state index in [1.54, 1.807) is 6.07 Å². The average molecular weight is 312 g/mol. The van der Waals surface area contributed by atoms with Crippen LogP contribution in [0.1, 0.15) is 43.0 Å². The first-order valence-corrected chi connectivity index (χ1v) is 8.18. The Morgan fingerprint density at radius 3 is 2.52 bits per heavy atom. The third-order valence-electron chi connectivity index (χ3n) is 4.00. The Kier molecular flexibility index (Phi) is 6.29. The quantitative estimate of drug-likeness (QED) is 0.736. The van der Waals surface area contributed by atoms with Crippen LogP contribution in [0.4, 0.5) is 0 Å². The van der Waals surface area contributed by atoms with Crippen molar-refractivity contribution in [2.24, 2.45) is 5.73 Å². The van der Waals surface area contributed by atoms with Crippen molar-refractivity contribution < 1.29 is 9.59 Å². The van der Waals surface area contributed by atoms with Crippen molar-refractivity contribution in [2.45, 2.75) is 38.6 Å². The molecule has 2 aromatic carbocycles. The van der Waals surface area contributed by atoms with Gasteiger partial charge in [0.25, 0.3) is 5.91 Å². The molecule has 1 unspecified atom stereocenters.